The van der Waals surface area contributed by atoms with Crippen molar-refractivity contribution in [3.8, 4) is 0 Å². The summed E-state index contributed by atoms with van der Waals surface area (Å²) in [5.74, 6) is 0.152. The molecule has 0 aromatic carbocycles. The van der Waals surface area contributed by atoms with Crippen LogP contribution < -0.4 is 5.32 Å². The molecule has 0 bridgehead atoms. The SMILES string of the molecule is CC(C)c1nnc(NC(=O)CCC(=O)N2CCN(C)CC2)s1. The van der Waals surface area contributed by atoms with Crippen LogP contribution >= 0.6 is 11.3 Å². The van der Waals surface area contributed by atoms with E-state index in [1.807, 2.05) is 25.8 Å². The zero-order chi connectivity index (χ0) is 16.1. The number of likely N-dealkylation sites (N-methyl/N-ethyl adjacent to an activating group) is 1. The molecule has 1 aliphatic heterocycles. The summed E-state index contributed by atoms with van der Waals surface area (Å²) in [6, 6.07) is 0. The van der Waals surface area contributed by atoms with Gasteiger partial charge in [0, 0.05) is 44.9 Å². The normalized spacial score (nSPS) is 16.1. The van der Waals surface area contributed by atoms with E-state index in [1.165, 1.54) is 11.3 Å². The van der Waals surface area contributed by atoms with Crippen LogP contribution in [-0.2, 0) is 9.59 Å². The summed E-state index contributed by atoms with van der Waals surface area (Å²) in [7, 11) is 2.04. The van der Waals surface area contributed by atoms with Gasteiger partial charge in [-0.25, -0.2) is 0 Å². The number of rotatable bonds is 5. The van der Waals surface area contributed by atoms with E-state index < -0.39 is 0 Å². The number of aromatic nitrogens is 2. The van der Waals surface area contributed by atoms with Gasteiger partial charge in [-0.05, 0) is 7.05 Å². The number of hydrogen-bond acceptors (Lipinski definition) is 6. The van der Waals surface area contributed by atoms with Crippen LogP contribution in [0.2, 0.25) is 0 Å². The standard InChI is InChI=1S/C14H23N5O2S/c1-10(2)13-16-17-14(22-13)15-11(20)4-5-12(21)19-8-6-18(3)7-9-19/h10H,4-9H2,1-3H3,(H,15,17,20). The largest absolute Gasteiger partial charge is 0.340 e. The zero-order valence-corrected chi connectivity index (χ0v) is 14.2. The quantitative estimate of drug-likeness (QED) is 0.879. The highest BCUT2D eigenvalue weighted by Crippen LogP contribution is 2.22. The Hall–Kier alpha value is -1.54. The van der Waals surface area contributed by atoms with Crippen LogP contribution in [-0.4, -0.2) is 65.0 Å². The third-order valence-electron chi connectivity index (χ3n) is 3.60. The first-order valence-corrected chi connectivity index (χ1v) is 8.37. The minimum absolute atomic E-state index is 0.0448. The van der Waals surface area contributed by atoms with E-state index in [0.717, 1.165) is 31.2 Å². The van der Waals surface area contributed by atoms with Crippen molar-refractivity contribution in [3.05, 3.63) is 5.01 Å². The van der Waals surface area contributed by atoms with Gasteiger partial charge < -0.3 is 15.1 Å². The lowest BCUT2D eigenvalue weighted by Crippen LogP contribution is -2.47. The summed E-state index contributed by atoms with van der Waals surface area (Å²) in [4.78, 5) is 28.0. The second kappa shape index (κ2) is 7.64. The maximum absolute atomic E-state index is 12.1. The average Bonchev–Trinajstić information content (AvgIpc) is 2.94. The number of piperazine rings is 1. The molecule has 122 valence electrons. The molecular formula is C14H23N5O2S. The monoisotopic (exact) mass is 325 g/mol. The van der Waals surface area contributed by atoms with Crippen LogP contribution in [0.15, 0.2) is 0 Å². The number of carbonyl (C=O) groups excluding carboxylic acids is 2. The second-order valence-corrected chi connectivity index (χ2v) is 6.84. The molecule has 1 N–H and O–H groups in total. The van der Waals surface area contributed by atoms with Crippen molar-refractivity contribution in [1.82, 2.24) is 20.0 Å². The van der Waals surface area contributed by atoms with Gasteiger partial charge in [0.05, 0.1) is 0 Å². The molecule has 0 unspecified atom stereocenters. The first-order valence-electron chi connectivity index (χ1n) is 7.55. The number of carbonyl (C=O) groups is 2. The number of amides is 2. The first-order chi connectivity index (χ1) is 10.5. The third-order valence-corrected chi connectivity index (χ3v) is 4.74. The highest BCUT2D eigenvalue weighted by atomic mass is 32.1. The molecule has 2 amide bonds. The fourth-order valence-corrected chi connectivity index (χ4v) is 2.90. The van der Waals surface area contributed by atoms with E-state index in [9.17, 15) is 9.59 Å². The van der Waals surface area contributed by atoms with Crippen LogP contribution in [0, 0.1) is 0 Å². The molecule has 0 radical (unpaired) electrons. The van der Waals surface area contributed by atoms with Gasteiger partial charge in [-0.3, -0.25) is 9.59 Å². The molecular weight excluding hydrogens is 302 g/mol. The molecule has 1 aliphatic rings. The van der Waals surface area contributed by atoms with Gasteiger partial charge in [0.2, 0.25) is 16.9 Å². The molecule has 1 aromatic rings. The van der Waals surface area contributed by atoms with Crippen LogP contribution in [0.5, 0.6) is 0 Å². The van der Waals surface area contributed by atoms with E-state index in [-0.39, 0.29) is 24.7 Å². The number of hydrogen-bond donors (Lipinski definition) is 1. The Morgan fingerprint density at radius 2 is 1.86 bits per heavy atom. The van der Waals surface area contributed by atoms with Crippen molar-refractivity contribution in [2.75, 3.05) is 38.5 Å². The smallest absolute Gasteiger partial charge is 0.226 e. The Labute approximate surface area is 134 Å². The van der Waals surface area contributed by atoms with Gasteiger partial charge in [-0.2, -0.15) is 0 Å². The van der Waals surface area contributed by atoms with Gasteiger partial charge in [0.15, 0.2) is 0 Å². The van der Waals surface area contributed by atoms with Crippen molar-refractivity contribution in [2.24, 2.45) is 0 Å². The van der Waals surface area contributed by atoms with Gasteiger partial charge >= 0.3 is 0 Å². The summed E-state index contributed by atoms with van der Waals surface area (Å²) in [6.07, 6.45) is 0.424. The van der Waals surface area contributed by atoms with Gasteiger partial charge in [0.1, 0.15) is 5.01 Å². The lowest BCUT2D eigenvalue weighted by atomic mass is 10.2. The number of nitrogens with one attached hydrogen (secondary N) is 1. The summed E-state index contributed by atoms with van der Waals surface area (Å²) in [5, 5.41) is 12.1. The van der Waals surface area contributed by atoms with Crippen molar-refractivity contribution in [3.63, 3.8) is 0 Å². The van der Waals surface area contributed by atoms with Crippen molar-refractivity contribution < 1.29 is 9.59 Å². The zero-order valence-electron chi connectivity index (χ0n) is 13.3. The van der Waals surface area contributed by atoms with E-state index >= 15 is 0 Å². The van der Waals surface area contributed by atoms with Crippen LogP contribution in [0.1, 0.15) is 37.6 Å². The van der Waals surface area contributed by atoms with E-state index in [4.69, 9.17) is 0 Å². The molecule has 8 heteroatoms. The number of nitrogens with zero attached hydrogens (tertiary/aromatic N) is 4. The van der Waals surface area contributed by atoms with Crippen molar-refractivity contribution >= 4 is 28.3 Å². The molecule has 22 heavy (non-hydrogen) atoms. The fraction of sp³-hybridized carbons (Fsp3) is 0.714. The summed E-state index contributed by atoms with van der Waals surface area (Å²) >= 11 is 1.38. The Morgan fingerprint density at radius 1 is 1.18 bits per heavy atom. The Kier molecular flexibility index (Phi) is 5.84. The maximum atomic E-state index is 12.1. The van der Waals surface area contributed by atoms with Crippen LogP contribution in [0.4, 0.5) is 5.13 Å². The predicted octanol–water partition coefficient (Wildman–Crippen LogP) is 1.15. The molecule has 0 atom stereocenters. The lowest BCUT2D eigenvalue weighted by molar-refractivity contribution is -0.134. The minimum Gasteiger partial charge on any atom is -0.340 e. The minimum atomic E-state index is -0.186. The molecule has 7 nitrogen and oxygen atoms in total. The van der Waals surface area contributed by atoms with Gasteiger partial charge in [0.25, 0.3) is 0 Å². The number of anilines is 1. The van der Waals surface area contributed by atoms with Crippen molar-refractivity contribution in [1.29, 1.82) is 0 Å². The average molecular weight is 325 g/mol. The van der Waals surface area contributed by atoms with Gasteiger partial charge in [-0.15, -0.1) is 10.2 Å². The molecule has 1 fully saturated rings. The summed E-state index contributed by atoms with van der Waals surface area (Å²) < 4.78 is 0. The Bertz CT molecular complexity index is 523. The molecule has 0 aliphatic carbocycles. The second-order valence-electron chi connectivity index (χ2n) is 5.83. The Balaban J connectivity index is 1.74. The van der Waals surface area contributed by atoms with Crippen molar-refractivity contribution in [2.45, 2.75) is 32.6 Å². The highest BCUT2D eigenvalue weighted by molar-refractivity contribution is 7.15. The molecule has 0 saturated carbocycles. The van der Waals surface area contributed by atoms with E-state index in [0.29, 0.717) is 11.0 Å². The predicted molar refractivity (Wildman–Crippen MR) is 85.9 cm³/mol. The molecule has 2 rings (SSSR count). The lowest BCUT2D eigenvalue weighted by Gasteiger charge is -2.32. The molecule has 0 spiro atoms. The maximum Gasteiger partial charge on any atom is 0.226 e. The summed E-state index contributed by atoms with van der Waals surface area (Å²) in [6.45, 7) is 7.32. The molecule has 1 aromatic heterocycles. The van der Waals surface area contributed by atoms with Gasteiger partial charge in [-0.1, -0.05) is 25.2 Å². The van der Waals surface area contributed by atoms with Crippen LogP contribution in [0.3, 0.4) is 0 Å². The molecule has 1 saturated heterocycles. The first kappa shape index (κ1) is 16.8. The fourth-order valence-electron chi connectivity index (χ4n) is 2.13. The third kappa shape index (κ3) is 4.74. The van der Waals surface area contributed by atoms with E-state index in [2.05, 4.69) is 20.4 Å². The van der Waals surface area contributed by atoms with E-state index in [1.54, 1.807) is 0 Å². The topological polar surface area (TPSA) is 78.4 Å². The molecule has 2 heterocycles. The Morgan fingerprint density at radius 3 is 2.45 bits per heavy atom. The summed E-state index contributed by atoms with van der Waals surface area (Å²) in [5.41, 5.74) is 0. The highest BCUT2D eigenvalue weighted by Gasteiger charge is 2.19. The van der Waals surface area contributed by atoms with Crippen LogP contribution in [0.25, 0.3) is 0 Å².